The molecule has 8 heteroatoms. The maximum absolute atomic E-state index is 13.5. The molecule has 0 radical (unpaired) electrons. The number of nitrogens with one attached hydrogen (secondary N) is 1. The van der Waals surface area contributed by atoms with Gasteiger partial charge in [0.2, 0.25) is 0 Å². The van der Waals surface area contributed by atoms with Crippen LogP contribution in [0.15, 0.2) is 47.8 Å². The summed E-state index contributed by atoms with van der Waals surface area (Å²) in [7, 11) is 0. The highest BCUT2D eigenvalue weighted by molar-refractivity contribution is 7.17. The van der Waals surface area contributed by atoms with Crippen LogP contribution < -0.4 is 11.1 Å². The quantitative estimate of drug-likeness (QED) is 0.448. The average molecular weight is 463 g/mol. The van der Waals surface area contributed by atoms with Crippen molar-refractivity contribution in [2.24, 2.45) is 5.73 Å². The molecule has 0 fully saturated rings. The molecule has 1 aliphatic heterocycles. The highest BCUT2D eigenvalue weighted by atomic mass is 32.1. The number of amides is 2. The van der Waals surface area contributed by atoms with Crippen LogP contribution in [-0.2, 0) is 13.0 Å². The number of rotatable bonds is 5. The number of nitrogens with zero attached hydrogens (tertiary/aromatic N) is 2. The van der Waals surface area contributed by atoms with Gasteiger partial charge in [-0.3, -0.25) is 14.5 Å². The molecule has 3 aromatic heterocycles. The standard InChI is InChI=1S/C24H22N4O2S2/c1-2-28-10-9-15-20(13-28)32-24(21(15)22(25)29)27-23(30)16-12-18(19-8-5-11-31-19)26-17-7-4-3-6-14(16)17/h3-8,11-12H,2,9-10,13H2,1H3,(H2,25,29)(H,27,30). The second kappa shape index (κ2) is 8.46. The lowest BCUT2D eigenvalue weighted by Crippen LogP contribution is -2.30. The van der Waals surface area contributed by atoms with E-state index >= 15 is 0 Å². The topological polar surface area (TPSA) is 88.3 Å². The maximum Gasteiger partial charge on any atom is 0.257 e. The van der Waals surface area contributed by atoms with Crippen LogP contribution in [0.5, 0.6) is 0 Å². The second-order valence-electron chi connectivity index (χ2n) is 7.69. The SMILES string of the molecule is CCN1CCc2c(sc(NC(=O)c3cc(-c4cccs4)nc4ccccc34)c2C(N)=O)C1. The fourth-order valence-electron chi connectivity index (χ4n) is 4.16. The van der Waals surface area contributed by atoms with Crippen molar-refractivity contribution in [3.05, 3.63) is 69.4 Å². The van der Waals surface area contributed by atoms with Crippen LogP contribution in [0.3, 0.4) is 0 Å². The lowest BCUT2D eigenvalue weighted by Gasteiger charge is -2.25. The van der Waals surface area contributed by atoms with Crippen molar-refractivity contribution in [3.8, 4) is 10.6 Å². The van der Waals surface area contributed by atoms with Crippen LogP contribution in [0.2, 0.25) is 0 Å². The molecule has 1 aliphatic rings. The first kappa shape index (κ1) is 20.8. The summed E-state index contributed by atoms with van der Waals surface area (Å²) >= 11 is 3.03. The Morgan fingerprint density at radius 3 is 2.81 bits per heavy atom. The van der Waals surface area contributed by atoms with Gasteiger partial charge in [0.25, 0.3) is 11.8 Å². The van der Waals surface area contributed by atoms with Crippen LogP contribution >= 0.6 is 22.7 Å². The van der Waals surface area contributed by atoms with Gasteiger partial charge in [-0.25, -0.2) is 4.98 Å². The Morgan fingerprint density at radius 2 is 2.06 bits per heavy atom. The lowest BCUT2D eigenvalue weighted by atomic mass is 10.0. The van der Waals surface area contributed by atoms with Crippen molar-refractivity contribution in [2.45, 2.75) is 19.9 Å². The Kier molecular flexibility index (Phi) is 5.50. The van der Waals surface area contributed by atoms with Crippen LogP contribution in [0.25, 0.3) is 21.5 Å². The molecule has 5 rings (SSSR count). The summed E-state index contributed by atoms with van der Waals surface area (Å²) in [6, 6.07) is 13.4. The minimum atomic E-state index is -0.499. The van der Waals surface area contributed by atoms with Crippen LogP contribution in [-0.4, -0.2) is 34.8 Å². The number of pyridine rings is 1. The maximum atomic E-state index is 13.5. The Morgan fingerprint density at radius 1 is 1.22 bits per heavy atom. The van der Waals surface area contributed by atoms with E-state index in [1.165, 1.54) is 11.3 Å². The fourth-order valence-corrected chi connectivity index (χ4v) is 6.14. The van der Waals surface area contributed by atoms with E-state index < -0.39 is 5.91 Å². The predicted octanol–water partition coefficient (Wildman–Crippen LogP) is 4.75. The Labute approximate surface area is 193 Å². The molecular weight excluding hydrogens is 440 g/mol. The summed E-state index contributed by atoms with van der Waals surface area (Å²) in [4.78, 5) is 34.9. The van der Waals surface area contributed by atoms with Gasteiger partial charge in [-0.15, -0.1) is 22.7 Å². The van der Waals surface area contributed by atoms with E-state index in [9.17, 15) is 9.59 Å². The number of primary amides is 1. The van der Waals surface area contributed by atoms with Crippen molar-refractivity contribution in [1.82, 2.24) is 9.88 Å². The molecule has 0 spiro atoms. The highest BCUT2D eigenvalue weighted by Gasteiger charge is 2.28. The largest absolute Gasteiger partial charge is 0.365 e. The molecule has 0 bridgehead atoms. The molecule has 0 atom stereocenters. The van der Waals surface area contributed by atoms with Crippen LogP contribution in [0, 0.1) is 0 Å². The predicted molar refractivity (Wildman–Crippen MR) is 131 cm³/mol. The number of carbonyl (C=O) groups is 2. The fraction of sp³-hybridized carbons (Fsp3) is 0.208. The van der Waals surface area contributed by atoms with E-state index in [1.54, 1.807) is 11.3 Å². The monoisotopic (exact) mass is 462 g/mol. The molecule has 0 saturated heterocycles. The van der Waals surface area contributed by atoms with Crippen molar-refractivity contribution < 1.29 is 9.59 Å². The number of anilines is 1. The highest BCUT2D eigenvalue weighted by Crippen LogP contribution is 2.37. The molecule has 0 unspecified atom stereocenters. The van der Waals surface area contributed by atoms with Gasteiger partial charge < -0.3 is 11.1 Å². The number of thiophene rings is 2. The normalized spacial score (nSPS) is 13.8. The Hall–Kier alpha value is -3.07. The number of aromatic nitrogens is 1. The zero-order valence-corrected chi connectivity index (χ0v) is 19.2. The zero-order valence-electron chi connectivity index (χ0n) is 17.6. The van der Waals surface area contributed by atoms with Gasteiger partial charge in [0, 0.05) is 23.4 Å². The number of fused-ring (bicyclic) bond motifs is 2. The lowest BCUT2D eigenvalue weighted by molar-refractivity contribution is 0.1000. The number of para-hydroxylation sites is 1. The molecular formula is C24H22N4O2S2. The van der Waals surface area contributed by atoms with E-state index in [0.29, 0.717) is 16.1 Å². The Bertz CT molecular complexity index is 1330. The molecule has 6 nitrogen and oxygen atoms in total. The van der Waals surface area contributed by atoms with Gasteiger partial charge in [0.1, 0.15) is 5.00 Å². The van der Waals surface area contributed by atoms with E-state index in [4.69, 9.17) is 10.7 Å². The molecule has 4 aromatic rings. The molecule has 32 heavy (non-hydrogen) atoms. The van der Waals surface area contributed by atoms with Crippen molar-refractivity contribution >= 4 is 50.4 Å². The van der Waals surface area contributed by atoms with Gasteiger partial charge in [-0.2, -0.15) is 0 Å². The molecule has 1 aromatic carbocycles. The van der Waals surface area contributed by atoms with E-state index in [1.807, 2.05) is 47.8 Å². The van der Waals surface area contributed by atoms with E-state index in [-0.39, 0.29) is 5.91 Å². The summed E-state index contributed by atoms with van der Waals surface area (Å²) in [5.41, 5.74) is 9.19. The first-order valence-corrected chi connectivity index (χ1v) is 12.2. The summed E-state index contributed by atoms with van der Waals surface area (Å²) in [6.07, 6.45) is 0.758. The minimum absolute atomic E-state index is 0.269. The smallest absolute Gasteiger partial charge is 0.257 e. The van der Waals surface area contributed by atoms with Gasteiger partial charge in [0.05, 0.1) is 27.2 Å². The summed E-state index contributed by atoms with van der Waals surface area (Å²) < 4.78 is 0. The van der Waals surface area contributed by atoms with E-state index in [2.05, 4.69) is 17.1 Å². The summed E-state index contributed by atoms with van der Waals surface area (Å²) in [5, 5.41) is 6.29. The number of benzene rings is 1. The molecule has 162 valence electrons. The molecule has 0 saturated carbocycles. The molecule has 2 amide bonds. The number of hydrogen-bond donors (Lipinski definition) is 2. The van der Waals surface area contributed by atoms with Crippen LogP contribution in [0.4, 0.5) is 5.00 Å². The van der Waals surface area contributed by atoms with Crippen molar-refractivity contribution in [3.63, 3.8) is 0 Å². The number of likely N-dealkylation sites (N-methyl/N-ethyl adjacent to an activating group) is 1. The number of nitrogens with two attached hydrogens (primary N) is 1. The van der Waals surface area contributed by atoms with Crippen molar-refractivity contribution in [1.29, 1.82) is 0 Å². The molecule has 3 N–H and O–H groups in total. The first-order chi connectivity index (χ1) is 15.5. The zero-order chi connectivity index (χ0) is 22.2. The van der Waals surface area contributed by atoms with Gasteiger partial charge >= 0.3 is 0 Å². The van der Waals surface area contributed by atoms with Gasteiger partial charge in [-0.05, 0) is 42.1 Å². The molecule has 4 heterocycles. The number of hydrogen-bond acceptors (Lipinski definition) is 6. The Balaban J connectivity index is 1.56. The number of carbonyl (C=O) groups excluding carboxylic acids is 2. The third-order valence-corrected chi connectivity index (χ3v) is 7.82. The minimum Gasteiger partial charge on any atom is -0.365 e. The molecule has 0 aliphatic carbocycles. The van der Waals surface area contributed by atoms with Gasteiger partial charge in [0.15, 0.2) is 0 Å². The summed E-state index contributed by atoms with van der Waals surface area (Å²) in [5.74, 6) is -0.767. The average Bonchev–Trinajstić information content (AvgIpc) is 3.45. The second-order valence-corrected chi connectivity index (χ2v) is 9.75. The third kappa shape index (κ3) is 3.70. The van der Waals surface area contributed by atoms with Crippen LogP contribution in [0.1, 0.15) is 38.1 Å². The van der Waals surface area contributed by atoms with Crippen molar-refractivity contribution in [2.75, 3.05) is 18.4 Å². The summed E-state index contributed by atoms with van der Waals surface area (Å²) in [6.45, 7) is 4.72. The first-order valence-electron chi connectivity index (χ1n) is 10.5. The van der Waals surface area contributed by atoms with Gasteiger partial charge in [-0.1, -0.05) is 31.2 Å². The van der Waals surface area contributed by atoms with E-state index in [0.717, 1.165) is 58.0 Å². The third-order valence-electron chi connectivity index (χ3n) is 5.79.